The predicted octanol–water partition coefficient (Wildman–Crippen LogP) is 6.11. The average molecular weight is 479 g/mol. The van der Waals surface area contributed by atoms with Gasteiger partial charge in [-0.25, -0.2) is 0 Å². The van der Waals surface area contributed by atoms with Crippen LogP contribution < -0.4 is 0 Å². The summed E-state index contributed by atoms with van der Waals surface area (Å²) < 4.78 is 0. The van der Waals surface area contributed by atoms with E-state index in [1.807, 2.05) is 48.5 Å². The zero-order valence-electron chi connectivity index (χ0n) is 20.2. The Morgan fingerprint density at radius 1 is 0.639 bits per heavy atom. The van der Waals surface area contributed by atoms with Crippen molar-refractivity contribution in [1.29, 1.82) is 0 Å². The summed E-state index contributed by atoms with van der Waals surface area (Å²) in [5.74, 6) is -0.594. The van der Waals surface area contributed by atoms with Gasteiger partial charge in [0.05, 0.1) is 0 Å². The summed E-state index contributed by atoms with van der Waals surface area (Å²) in [6, 6.07) is 35.6. The van der Waals surface area contributed by atoms with E-state index in [1.54, 1.807) is 78.9 Å². The van der Waals surface area contributed by atoms with Gasteiger partial charge in [-0.1, -0.05) is 127 Å². The lowest BCUT2D eigenvalue weighted by Gasteiger charge is -2.26. The van der Waals surface area contributed by atoms with Crippen molar-refractivity contribution >= 4 is 11.6 Å². The summed E-state index contributed by atoms with van der Waals surface area (Å²) in [6.07, 6.45) is 1.75. The molecule has 36 heavy (non-hydrogen) atoms. The Morgan fingerprint density at radius 2 is 1.00 bits per heavy atom. The molecule has 4 aromatic carbocycles. The molecule has 0 aliphatic rings. The lowest BCUT2D eigenvalue weighted by Crippen LogP contribution is -2.35. The number of rotatable bonds is 8. The Balaban J connectivity index is 0.000000202. The number of carbonyl (C=O) groups excluding carboxylic acids is 2. The molecular formula is C32H30O4. The molecule has 182 valence electrons. The van der Waals surface area contributed by atoms with Crippen molar-refractivity contribution in [2.24, 2.45) is 0 Å². The maximum atomic E-state index is 12.6. The van der Waals surface area contributed by atoms with Gasteiger partial charge in [-0.3, -0.25) is 9.59 Å². The van der Waals surface area contributed by atoms with Crippen LogP contribution in [0.15, 0.2) is 134 Å². The fourth-order valence-electron chi connectivity index (χ4n) is 3.86. The van der Waals surface area contributed by atoms with E-state index in [2.05, 4.69) is 6.58 Å². The van der Waals surface area contributed by atoms with E-state index in [4.69, 9.17) is 0 Å². The largest absolute Gasteiger partial charge is 0.377 e. The fourth-order valence-corrected chi connectivity index (χ4v) is 3.86. The van der Waals surface area contributed by atoms with E-state index in [0.29, 0.717) is 22.3 Å². The van der Waals surface area contributed by atoms with E-state index in [0.717, 1.165) is 0 Å². The van der Waals surface area contributed by atoms with Crippen molar-refractivity contribution in [3.8, 4) is 0 Å². The van der Waals surface area contributed by atoms with E-state index in [9.17, 15) is 19.8 Å². The smallest absolute Gasteiger partial charge is 0.199 e. The van der Waals surface area contributed by atoms with Gasteiger partial charge in [0, 0.05) is 17.5 Å². The Morgan fingerprint density at radius 3 is 1.42 bits per heavy atom. The first kappa shape index (κ1) is 26.5. The Labute approximate surface area is 212 Å². The first-order chi connectivity index (χ1) is 17.3. The molecule has 4 rings (SSSR count). The SMILES string of the molecule is C=CCC(O)(C(=O)c1ccccc1)c1ccccc1.CC(O)(C(=O)c1ccccc1)c1ccccc1. The van der Waals surface area contributed by atoms with Gasteiger partial charge in [-0.2, -0.15) is 0 Å². The Hall–Kier alpha value is -4.12. The second-order valence-corrected chi connectivity index (χ2v) is 8.55. The van der Waals surface area contributed by atoms with Gasteiger partial charge < -0.3 is 10.2 Å². The quantitative estimate of drug-likeness (QED) is 0.237. The number of hydrogen-bond acceptors (Lipinski definition) is 4. The molecule has 2 N–H and O–H groups in total. The minimum atomic E-state index is -1.55. The highest BCUT2D eigenvalue weighted by molar-refractivity contribution is 6.03. The number of hydrogen-bond donors (Lipinski definition) is 2. The van der Waals surface area contributed by atoms with Crippen LogP contribution in [0.3, 0.4) is 0 Å². The highest BCUT2D eigenvalue weighted by atomic mass is 16.3. The van der Waals surface area contributed by atoms with Gasteiger partial charge in [0.15, 0.2) is 17.2 Å². The standard InChI is InChI=1S/C17H16O2.C15H14O2/c1-2-13-17(19,15-11-7-4-8-12-15)16(18)14-9-5-3-6-10-14;1-15(17,13-10-6-3-7-11-13)14(16)12-8-4-2-5-9-12/h2-12,19H,1,13H2;2-11,17H,1H3. The van der Waals surface area contributed by atoms with E-state index in [1.165, 1.54) is 6.92 Å². The third-order valence-corrected chi connectivity index (χ3v) is 5.92. The van der Waals surface area contributed by atoms with Crippen LogP contribution in [-0.2, 0) is 11.2 Å². The van der Waals surface area contributed by atoms with Gasteiger partial charge in [0.2, 0.25) is 0 Å². The molecule has 4 aromatic rings. The molecule has 2 atom stereocenters. The van der Waals surface area contributed by atoms with Crippen LogP contribution in [0.1, 0.15) is 45.2 Å². The van der Waals surface area contributed by atoms with Crippen molar-refractivity contribution in [1.82, 2.24) is 0 Å². The van der Waals surface area contributed by atoms with Crippen LogP contribution in [0.4, 0.5) is 0 Å². The molecule has 4 nitrogen and oxygen atoms in total. The molecule has 2 unspecified atom stereocenters. The third kappa shape index (κ3) is 6.11. The van der Waals surface area contributed by atoms with Crippen molar-refractivity contribution in [3.63, 3.8) is 0 Å². The second-order valence-electron chi connectivity index (χ2n) is 8.55. The van der Waals surface area contributed by atoms with Crippen LogP contribution in [0, 0.1) is 0 Å². The number of benzene rings is 4. The minimum absolute atomic E-state index is 0.185. The molecular weight excluding hydrogens is 448 g/mol. The molecule has 0 heterocycles. The Bertz CT molecular complexity index is 1270. The van der Waals surface area contributed by atoms with E-state index < -0.39 is 11.2 Å². The zero-order chi connectivity index (χ0) is 26.0. The second kappa shape index (κ2) is 12.0. The molecule has 0 amide bonds. The molecule has 0 aromatic heterocycles. The summed E-state index contributed by atoms with van der Waals surface area (Å²) >= 11 is 0. The number of carbonyl (C=O) groups is 2. The monoisotopic (exact) mass is 478 g/mol. The van der Waals surface area contributed by atoms with E-state index >= 15 is 0 Å². The zero-order valence-corrected chi connectivity index (χ0v) is 20.2. The molecule has 0 aliphatic carbocycles. The molecule has 0 fully saturated rings. The Kier molecular flexibility index (Phi) is 8.85. The maximum Gasteiger partial charge on any atom is 0.199 e. The summed E-state index contributed by atoms with van der Waals surface area (Å²) in [7, 11) is 0. The van der Waals surface area contributed by atoms with E-state index in [-0.39, 0.29) is 18.0 Å². The lowest BCUT2D eigenvalue weighted by molar-refractivity contribution is 0.0313. The van der Waals surface area contributed by atoms with Crippen LogP contribution >= 0.6 is 0 Å². The van der Waals surface area contributed by atoms with Crippen LogP contribution in [-0.4, -0.2) is 21.8 Å². The fraction of sp³-hybridized carbons (Fsp3) is 0.125. The maximum absolute atomic E-state index is 12.6. The summed E-state index contributed by atoms with van der Waals surface area (Å²) in [6.45, 7) is 5.16. The third-order valence-electron chi connectivity index (χ3n) is 5.92. The number of ketones is 2. The highest BCUT2D eigenvalue weighted by Gasteiger charge is 2.37. The predicted molar refractivity (Wildman–Crippen MR) is 143 cm³/mol. The van der Waals surface area contributed by atoms with Gasteiger partial charge in [0.25, 0.3) is 0 Å². The van der Waals surface area contributed by atoms with Gasteiger partial charge in [0.1, 0.15) is 5.60 Å². The number of aliphatic hydroxyl groups is 2. The van der Waals surface area contributed by atoms with Crippen molar-refractivity contribution in [2.75, 3.05) is 0 Å². The van der Waals surface area contributed by atoms with Crippen molar-refractivity contribution in [3.05, 3.63) is 156 Å². The molecule has 0 aliphatic heterocycles. The van der Waals surface area contributed by atoms with Gasteiger partial charge in [-0.05, 0) is 18.1 Å². The minimum Gasteiger partial charge on any atom is -0.377 e. The molecule has 0 saturated carbocycles. The van der Waals surface area contributed by atoms with Crippen LogP contribution in [0.5, 0.6) is 0 Å². The molecule has 0 spiro atoms. The average Bonchev–Trinajstić information content (AvgIpc) is 2.94. The lowest BCUT2D eigenvalue weighted by atomic mass is 9.83. The van der Waals surface area contributed by atoms with Crippen LogP contribution in [0.25, 0.3) is 0 Å². The molecule has 0 bridgehead atoms. The summed E-state index contributed by atoms with van der Waals surface area (Å²) in [4.78, 5) is 24.8. The normalized spacial score (nSPS) is 13.8. The topological polar surface area (TPSA) is 74.6 Å². The van der Waals surface area contributed by atoms with Gasteiger partial charge >= 0.3 is 0 Å². The first-order valence-corrected chi connectivity index (χ1v) is 11.7. The first-order valence-electron chi connectivity index (χ1n) is 11.7. The van der Waals surface area contributed by atoms with Crippen LogP contribution in [0.2, 0.25) is 0 Å². The molecule has 0 radical (unpaired) electrons. The van der Waals surface area contributed by atoms with Gasteiger partial charge in [-0.15, -0.1) is 6.58 Å². The molecule has 0 saturated heterocycles. The van der Waals surface area contributed by atoms with Crippen molar-refractivity contribution in [2.45, 2.75) is 24.5 Å². The highest BCUT2D eigenvalue weighted by Crippen LogP contribution is 2.29. The molecule has 4 heteroatoms. The van der Waals surface area contributed by atoms with Crippen molar-refractivity contribution < 1.29 is 19.8 Å². The number of Topliss-reactive ketones (excluding diaryl/α,β-unsaturated/α-hetero) is 2. The summed E-state index contributed by atoms with van der Waals surface area (Å²) in [5.41, 5.74) is -0.831. The summed E-state index contributed by atoms with van der Waals surface area (Å²) in [5, 5.41) is 21.1.